The third-order valence-electron chi connectivity index (χ3n) is 2.74. The predicted molar refractivity (Wildman–Crippen MR) is 52.4 cm³/mol. The summed E-state index contributed by atoms with van der Waals surface area (Å²) in [5, 5.41) is 13.4. The highest BCUT2D eigenvalue weighted by Crippen LogP contribution is 2.27. The van der Waals surface area contributed by atoms with Gasteiger partial charge in [-0.1, -0.05) is 12.1 Å². The van der Waals surface area contributed by atoms with E-state index in [9.17, 15) is 9.50 Å². The van der Waals surface area contributed by atoms with Crippen LogP contribution < -0.4 is 5.32 Å². The van der Waals surface area contributed by atoms with Gasteiger partial charge in [-0.15, -0.1) is 0 Å². The average Bonchev–Trinajstić information content (AvgIpc) is 2.19. The molecule has 1 atom stereocenters. The van der Waals surface area contributed by atoms with Crippen molar-refractivity contribution >= 4 is 0 Å². The van der Waals surface area contributed by atoms with E-state index >= 15 is 0 Å². The molecule has 0 radical (unpaired) electrons. The van der Waals surface area contributed by atoms with Gasteiger partial charge in [-0.3, -0.25) is 0 Å². The summed E-state index contributed by atoms with van der Waals surface area (Å²) in [6, 6.07) is 6.09. The van der Waals surface area contributed by atoms with Crippen LogP contribution in [-0.2, 0) is 5.60 Å². The fraction of sp³-hybridized carbons (Fsp3) is 0.455. The zero-order valence-corrected chi connectivity index (χ0v) is 7.96. The number of piperidine rings is 1. The van der Waals surface area contributed by atoms with Crippen molar-refractivity contribution in [1.82, 2.24) is 5.32 Å². The number of nitrogens with one attached hydrogen (secondary N) is 1. The van der Waals surface area contributed by atoms with Gasteiger partial charge in [0.25, 0.3) is 0 Å². The van der Waals surface area contributed by atoms with E-state index in [1.807, 2.05) is 0 Å². The van der Waals surface area contributed by atoms with Crippen LogP contribution in [0.4, 0.5) is 4.39 Å². The molecule has 2 nitrogen and oxygen atoms in total. The largest absolute Gasteiger partial charge is 0.384 e. The number of benzene rings is 1. The molecular weight excluding hydrogens is 181 g/mol. The second-order valence-electron chi connectivity index (χ2n) is 3.82. The zero-order chi connectivity index (χ0) is 10.0. The normalized spacial score (nSPS) is 27.6. The van der Waals surface area contributed by atoms with Crippen LogP contribution in [0.1, 0.15) is 18.4 Å². The minimum atomic E-state index is -0.814. The Morgan fingerprint density at radius 1 is 1.29 bits per heavy atom. The summed E-state index contributed by atoms with van der Waals surface area (Å²) >= 11 is 0. The van der Waals surface area contributed by atoms with Gasteiger partial charge in [-0.25, -0.2) is 4.39 Å². The topological polar surface area (TPSA) is 32.3 Å². The van der Waals surface area contributed by atoms with E-state index < -0.39 is 5.60 Å². The lowest BCUT2D eigenvalue weighted by Gasteiger charge is -2.33. The monoisotopic (exact) mass is 195 g/mol. The molecular formula is C11H14FNO. The third-order valence-corrected chi connectivity index (χ3v) is 2.74. The Hall–Kier alpha value is -0.930. The lowest BCUT2D eigenvalue weighted by molar-refractivity contribution is 0.0122. The fourth-order valence-corrected chi connectivity index (χ4v) is 1.90. The van der Waals surface area contributed by atoms with Crippen molar-refractivity contribution in [3.05, 3.63) is 35.6 Å². The number of halogens is 1. The SMILES string of the molecule is O[C@]1(c2ccc(F)cc2)CCCNC1. The summed E-state index contributed by atoms with van der Waals surface area (Å²) in [7, 11) is 0. The van der Waals surface area contributed by atoms with Crippen molar-refractivity contribution in [3.63, 3.8) is 0 Å². The molecule has 1 fully saturated rings. The molecule has 0 unspecified atom stereocenters. The van der Waals surface area contributed by atoms with Crippen LogP contribution in [0.5, 0.6) is 0 Å². The Bertz CT molecular complexity index is 304. The van der Waals surface area contributed by atoms with E-state index in [1.165, 1.54) is 12.1 Å². The molecule has 2 N–H and O–H groups in total. The van der Waals surface area contributed by atoms with Gasteiger partial charge in [-0.05, 0) is 37.1 Å². The number of hydrogen-bond acceptors (Lipinski definition) is 2. The molecule has 14 heavy (non-hydrogen) atoms. The summed E-state index contributed by atoms with van der Waals surface area (Å²) in [6.45, 7) is 1.50. The van der Waals surface area contributed by atoms with E-state index in [0.29, 0.717) is 6.54 Å². The Balaban J connectivity index is 2.23. The highest BCUT2D eigenvalue weighted by Gasteiger charge is 2.30. The maximum atomic E-state index is 12.7. The van der Waals surface area contributed by atoms with Gasteiger partial charge in [0, 0.05) is 6.54 Å². The molecule has 1 heterocycles. The number of β-amino-alcohol motifs (C(OH)–C–C–N with tert-alkyl or cyclic N) is 1. The van der Waals surface area contributed by atoms with Crippen molar-refractivity contribution in [2.45, 2.75) is 18.4 Å². The number of rotatable bonds is 1. The van der Waals surface area contributed by atoms with E-state index in [2.05, 4.69) is 5.32 Å². The molecule has 2 rings (SSSR count). The van der Waals surface area contributed by atoms with E-state index in [-0.39, 0.29) is 5.82 Å². The van der Waals surface area contributed by atoms with Crippen LogP contribution in [0.25, 0.3) is 0 Å². The summed E-state index contributed by atoms with van der Waals surface area (Å²) in [4.78, 5) is 0. The molecule has 0 amide bonds. The summed E-state index contributed by atoms with van der Waals surface area (Å²) in [5.41, 5.74) is -0.0162. The first-order valence-electron chi connectivity index (χ1n) is 4.90. The van der Waals surface area contributed by atoms with Gasteiger partial charge >= 0.3 is 0 Å². The molecule has 1 saturated heterocycles. The van der Waals surface area contributed by atoms with Crippen molar-refractivity contribution in [2.75, 3.05) is 13.1 Å². The maximum absolute atomic E-state index is 12.7. The minimum absolute atomic E-state index is 0.263. The summed E-state index contributed by atoms with van der Waals surface area (Å²) in [6.07, 6.45) is 1.69. The molecule has 0 bridgehead atoms. The molecule has 1 aliphatic rings. The molecule has 0 aromatic heterocycles. The van der Waals surface area contributed by atoms with Crippen LogP contribution >= 0.6 is 0 Å². The molecule has 1 aromatic carbocycles. The first-order chi connectivity index (χ1) is 6.71. The first-order valence-corrected chi connectivity index (χ1v) is 4.90. The summed E-state index contributed by atoms with van der Waals surface area (Å²) < 4.78 is 12.7. The average molecular weight is 195 g/mol. The quantitative estimate of drug-likeness (QED) is 0.710. The van der Waals surface area contributed by atoms with Gasteiger partial charge in [-0.2, -0.15) is 0 Å². The first kappa shape index (κ1) is 9.62. The Labute approximate surface area is 82.8 Å². The van der Waals surface area contributed by atoms with Crippen molar-refractivity contribution in [1.29, 1.82) is 0 Å². The molecule has 3 heteroatoms. The standard InChI is InChI=1S/C11H14FNO/c12-10-4-2-9(3-5-10)11(14)6-1-7-13-8-11/h2-5,13-14H,1,6-8H2/t11-/m1/s1. The number of aliphatic hydroxyl groups is 1. The predicted octanol–water partition coefficient (Wildman–Crippen LogP) is 1.40. The Kier molecular flexibility index (Phi) is 2.52. The van der Waals surface area contributed by atoms with E-state index in [0.717, 1.165) is 24.9 Å². The summed E-state index contributed by atoms with van der Waals surface area (Å²) in [5.74, 6) is -0.263. The lowest BCUT2D eigenvalue weighted by atomic mass is 9.87. The minimum Gasteiger partial charge on any atom is -0.384 e. The Morgan fingerprint density at radius 3 is 2.57 bits per heavy atom. The van der Waals surface area contributed by atoms with Gasteiger partial charge < -0.3 is 10.4 Å². The highest BCUT2D eigenvalue weighted by molar-refractivity contribution is 5.24. The smallest absolute Gasteiger partial charge is 0.123 e. The van der Waals surface area contributed by atoms with Gasteiger partial charge in [0.2, 0.25) is 0 Å². The third kappa shape index (κ3) is 1.79. The van der Waals surface area contributed by atoms with Crippen molar-refractivity contribution in [2.24, 2.45) is 0 Å². The molecule has 1 aliphatic heterocycles. The second-order valence-corrected chi connectivity index (χ2v) is 3.82. The van der Waals surface area contributed by atoms with Crippen molar-refractivity contribution in [3.8, 4) is 0 Å². The van der Waals surface area contributed by atoms with Crippen LogP contribution in [-0.4, -0.2) is 18.2 Å². The maximum Gasteiger partial charge on any atom is 0.123 e. The molecule has 0 saturated carbocycles. The molecule has 0 spiro atoms. The molecule has 1 aromatic rings. The van der Waals surface area contributed by atoms with Gasteiger partial charge in [0.15, 0.2) is 0 Å². The van der Waals surface area contributed by atoms with Crippen LogP contribution in [0.2, 0.25) is 0 Å². The highest BCUT2D eigenvalue weighted by atomic mass is 19.1. The van der Waals surface area contributed by atoms with Crippen LogP contribution in [0, 0.1) is 5.82 Å². The van der Waals surface area contributed by atoms with E-state index in [1.54, 1.807) is 12.1 Å². The van der Waals surface area contributed by atoms with Gasteiger partial charge in [0.1, 0.15) is 11.4 Å². The van der Waals surface area contributed by atoms with E-state index in [4.69, 9.17) is 0 Å². The second kappa shape index (κ2) is 3.67. The van der Waals surface area contributed by atoms with Crippen molar-refractivity contribution < 1.29 is 9.50 Å². The van der Waals surface area contributed by atoms with Crippen LogP contribution in [0.3, 0.4) is 0 Å². The number of hydrogen-bond donors (Lipinski definition) is 2. The van der Waals surface area contributed by atoms with Gasteiger partial charge in [0.05, 0.1) is 0 Å². The zero-order valence-electron chi connectivity index (χ0n) is 7.96. The molecule has 76 valence electrons. The molecule has 0 aliphatic carbocycles. The lowest BCUT2D eigenvalue weighted by Crippen LogP contribution is -2.43. The fourth-order valence-electron chi connectivity index (χ4n) is 1.90. The Morgan fingerprint density at radius 2 is 2.00 bits per heavy atom. The van der Waals surface area contributed by atoms with Crippen LogP contribution in [0.15, 0.2) is 24.3 Å².